The Hall–Kier alpha value is -1.17. The minimum atomic E-state index is -0.160. The molecule has 2 aromatic heterocycles. The fraction of sp³-hybridized carbons (Fsp3) is 0.300. The summed E-state index contributed by atoms with van der Waals surface area (Å²) in [6, 6.07) is 1.72. The second-order valence-electron chi connectivity index (χ2n) is 3.15. The summed E-state index contributed by atoms with van der Waals surface area (Å²) in [5, 5.41) is 2.87. The van der Waals surface area contributed by atoms with Crippen molar-refractivity contribution in [3.63, 3.8) is 0 Å². The van der Waals surface area contributed by atoms with Gasteiger partial charge in [0.05, 0.1) is 24.6 Å². The summed E-state index contributed by atoms with van der Waals surface area (Å²) in [5.41, 5.74) is 7.71. The largest absolute Gasteiger partial charge is 0.472 e. The highest BCUT2D eigenvalue weighted by Gasteiger charge is 2.11. The van der Waals surface area contributed by atoms with E-state index in [-0.39, 0.29) is 6.04 Å². The van der Waals surface area contributed by atoms with Crippen LogP contribution in [0.1, 0.15) is 11.7 Å². The van der Waals surface area contributed by atoms with Gasteiger partial charge in [-0.2, -0.15) is 0 Å². The van der Waals surface area contributed by atoms with Gasteiger partial charge in [-0.1, -0.05) is 0 Å². The van der Waals surface area contributed by atoms with Crippen LogP contribution in [-0.4, -0.2) is 18.7 Å². The smallest absolute Gasteiger partial charge is 0.126 e. The lowest BCUT2D eigenvalue weighted by Crippen LogP contribution is -2.16. The van der Waals surface area contributed by atoms with E-state index < -0.39 is 0 Å². The number of aromatic nitrogens is 1. The van der Waals surface area contributed by atoms with Gasteiger partial charge in [0.25, 0.3) is 0 Å². The molecule has 0 aromatic carbocycles. The van der Waals surface area contributed by atoms with Crippen LogP contribution in [0.15, 0.2) is 28.4 Å². The van der Waals surface area contributed by atoms with Crippen LogP contribution in [0.4, 0.5) is 0 Å². The quantitative estimate of drug-likeness (QED) is 0.863. The van der Waals surface area contributed by atoms with Gasteiger partial charge >= 0.3 is 0 Å². The van der Waals surface area contributed by atoms with E-state index in [2.05, 4.69) is 4.98 Å². The molecule has 0 saturated heterocycles. The third-order valence-corrected chi connectivity index (χ3v) is 2.93. The number of ether oxygens (including phenoxy) is 1. The molecule has 1 atom stereocenters. The number of nitrogens with zero attached hydrogens (tertiary/aromatic N) is 1. The second-order valence-corrected chi connectivity index (χ2v) is 4.01. The summed E-state index contributed by atoms with van der Waals surface area (Å²) in [5.74, 6) is 0. The van der Waals surface area contributed by atoms with Gasteiger partial charge in [0.15, 0.2) is 0 Å². The monoisotopic (exact) mass is 224 g/mol. The van der Waals surface area contributed by atoms with Crippen molar-refractivity contribution >= 4 is 11.3 Å². The third kappa shape index (κ3) is 2.26. The van der Waals surface area contributed by atoms with Crippen molar-refractivity contribution in [1.29, 1.82) is 0 Å². The normalized spacial score (nSPS) is 12.9. The minimum absolute atomic E-state index is 0.160. The van der Waals surface area contributed by atoms with Crippen LogP contribution in [0, 0.1) is 0 Å². The predicted octanol–water partition coefficient (Wildman–Crippen LogP) is 2.05. The molecule has 2 aromatic rings. The average molecular weight is 224 g/mol. The Kier molecular flexibility index (Phi) is 3.15. The van der Waals surface area contributed by atoms with Crippen LogP contribution in [-0.2, 0) is 4.74 Å². The van der Waals surface area contributed by atoms with E-state index in [0.29, 0.717) is 6.61 Å². The third-order valence-electron chi connectivity index (χ3n) is 2.02. The highest BCUT2D eigenvalue weighted by molar-refractivity contribution is 7.13. The van der Waals surface area contributed by atoms with Gasteiger partial charge in [-0.05, 0) is 6.07 Å². The summed E-state index contributed by atoms with van der Waals surface area (Å²) in [6.07, 6.45) is 3.30. The topological polar surface area (TPSA) is 61.3 Å². The summed E-state index contributed by atoms with van der Waals surface area (Å²) in [6.45, 7) is 0.481. The van der Waals surface area contributed by atoms with Crippen LogP contribution < -0.4 is 5.73 Å². The molecule has 1 unspecified atom stereocenters. The molecule has 0 aliphatic carbocycles. The van der Waals surface area contributed by atoms with Crippen molar-refractivity contribution in [3.05, 3.63) is 29.7 Å². The lowest BCUT2D eigenvalue weighted by molar-refractivity contribution is 0.180. The highest BCUT2D eigenvalue weighted by Crippen LogP contribution is 2.25. The summed E-state index contributed by atoms with van der Waals surface area (Å²) >= 11 is 1.55. The van der Waals surface area contributed by atoms with Crippen molar-refractivity contribution in [2.24, 2.45) is 5.73 Å². The predicted molar refractivity (Wildman–Crippen MR) is 58.6 cm³/mol. The van der Waals surface area contributed by atoms with Crippen LogP contribution in [0.3, 0.4) is 0 Å². The first-order chi connectivity index (χ1) is 7.31. The van der Waals surface area contributed by atoms with Crippen molar-refractivity contribution in [2.45, 2.75) is 6.04 Å². The Balaban J connectivity index is 2.17. The van der Waals surface area contributed by atoms with Gasteiger partial charge in [0.1, 0.15) is 11.3 Å². The van der Waals surface area contributed by atoms with Gasteiger partial charge in [-0.25, -0.2) is 4.98 Å². The molecule has 0 aliphatic heterocycles. The number of thiazole rings is 1. The molecule has 0 fully saturated rings. The highest BCUT2D eigenvalue weighted by atomic mass is 32.1. The standard InChI is InChI=1S/C10H12N2O2S/c1-13-5-8(11)9-6-15-10(12-9)7-2-3-14-4-7/h2-4,6,8H,5,11H2,1H3. The molecule has 5 heteroatoms. The maximum atomic E-state index is 5.87. The number of hydrogen-bond donors (Lipinski definition) is 1. The molecule has 15 heavy (non-hydrogen) atoms. The molecule has 2 heterocycles. The number of furan rings is 1. The maximum absolute atomic E-state index is 5.87. The van der Waals surface area contributed by atoms with E-state index in [1.54, 1.807) is 31.0 Å². The van der Waals surface area contributed by atoms with Crippen LogP contribution in [0.2, 0.25) is 0 Å². The first-order valence-electron chi connectivity index (χ1n) is 4.53. The molecular formula is C10H12N2O2S. The van der Waals surface area contributed by atoms with Crippen molar-refractivity contribution < 1.29 is 9.15 Å². The number of methoxy groups -OCH3 is 1. The Morgan fingerprint density at radius 3 is 3.20 bits per heavy atom. The molecule has 2 N–H and O–H groups in total. The molecule has 0 aliphatic rings. The lowest BCUT2D eigenvalue weighted by Gasteiger charge is -2.05. The van der Waals surface area contributed by atoms with E-state index in [1.165, 1.54) is 0 Å². The Labute approximate surface area is 91.7 Å². The number of rotatable bonds is 4. The van der Waals surface area contributed by atoms with Gasteiger partial charge in [-0.3, -0.25) is 0 Å². The van der Waals surface area contributed by atoms with Gasteiger partial charge in [0.2, 0.25) is 0 Å². The number of hydrogen-bond acceptors (Lipinski definition) is 5. The fourth-order valence-electron chi connectivity index (χ4n) is 1.24. The Morgan fingerprint density at radius 1 is 1.67 bits per heavy atom. The second kappa shape index (κ2) is 4.57. The molecular weight excluding hydrogens is 212 g/mol. The van der Waals surface area contributed by atoms with Crippen LogP contribution in [0.5, 0.6) is 0 Å². The van der Waals surface area contributed by atoms with Gasteiger partial charge < -0.3 is 14.9 Å². The van der Waals surface area contributed by atoms with Gasteiger partial charge in [0, 0.05) is 18.1 Å². The maximum Gasteiger partial charge on any atom is 0.126 e. The van der Waals surface area contributed by atoms with E-state index in [1.807, 2.05) is 11.4 Å². The first kappa shape index (κ1) is 10.4. The molecule has 4 nitrogen and oxygen atoms in total. The van der Waals surface area contributed by atoms with Crippen LogP contribution in [0.25, 0.3) is 10.6 Å². The molecule has 0 saturated carbocycles. The SMILES string of the molecule is COCC(N)c1csc(-c2ccoc2)n1. The van der Waals surface area contributed by atoms with Crippen molar-refractivity contribution in [1.82, 2.24) is 4.98 Å². The van der Waals surface area contributed by atoms with E-state index in [9.17, 15) is 0 Å². The van der Waals surface area contributed by atoms with E-state index in [4.69, 9.17) is 14.9 Å². The van der Waals surface area contributed by atoms with Crippen molar-refractivity contribution in [3.8, 4) is 10.6 Å². The van der Waals surface area contributed by atoms with Crippen molar-refractivity contribution in [2.75, 3.05) is 13.7 Å². The first-order valence-corrected chi connectivity index (χ1v) is 5.41. The molecule has 80 valence electrons. The molecule has 0 amide bonds. The van der Waals surface area contributed by atoms with E-state index in [0.717, 1.165) is 16.3 Å². The van der Waals surface area contributed by atoms with Gasteiger partial charge in [-0.15, -0.1) is 11.3 Å². The molecule has 0 bridgehead atoms. The summed E-state index contributed by atoms with van der Waals surface area (Å²) in [7, 11) is 1.63. The molecule has 2 rings (SSSR count). The lowest BCUT2D eigenvalue weighted by atomic mass is 10.2. The van der Waals surface area contributed by atoms with E-state index >= 15 is 0 Å². The zero-order valence-electron chi connectivity index (χ0n) is 8.34. The number of nitrogens with two attached hydrogens (primary N) is 1. The summed E-state index contributed by atoms with van der Waals surface area (Å²) in [4.78, 5) is 4.42. The Morgan fingerprint density at radius 2 is 2.53 bits per heavy atom. The fourth-order valence-corrected chi connectivity index (χ4v) is 2.11. The zero-order valence-corrected chi connectivity index (χ0v) is 9.16. The summed E-state index contributed by atoms with van der Waals surface area (Å²) < 4.78 is 9.98. The zero-order chi connectivity index (χ0) is 10.7. The molecule has 0 spiro atoms. The Bertz CT molecular complexity index is 411. The average Bonchev–Trinajstić information content (AvgIpc) is 2.89. The minimum Gasteiger partial charge on any atom is -0.472 e. The molecule has 0 radical (unpaired) electrons. The van der Waals surface area contributed by atoms with Crippen LogP contribution >= 0.6 is 11.3 Å².